The van der Waals surface area contributed by atoms with E-state index < -0.39 is 0 Å². The van der Waals surface area contributed by atoms with Crippen molar-refractivity contribution >= 4 is 11.6 Å². The standard InChI is InChI=1S/C18H27N3O/c1-13(2)20-8-10-21(11-9-20)16-6-4-15(5-7-16)18(22)19-17-12-14(17)3/h4-7,13-14,17H,8-12H2,1-3H3,(H,19,22). The van der Waals surface area contributed by atoms with E-state index in [1.165, 1.54) is 5.69 Å². The molecule has 1 amide bonds. The fourth-order valence-electron chi connectivity index (χ4n) is 3.10. The zero-order valence-corrected chi connectivity index (χ0v) is 13.9. The fourth-order valence-corrected chi connectivity index (χ4v) is 3.10. The van der Waals surface area contributed by atoms with E-state index in [-0.39, 0.29) is 5.91 Å². The summed E-state index contributed by atoms with van der Waals surface area (Å²) >= 11 is 0. The maximum atomic E-state index is 12.1. The van der Waals surface area contributed by atoms with Gasteiger partial charge in [-0.15, -0.1) is 0 Å². The molecule has 0 aromatic heterocycles. The molecule has 2 unspecified atom stereocenters. The summed E-state index contributed by atoms with van der Waals surface area (Å²) in [5.74, 6) is 0.700. The molecule has 1 aromatic rings. The molecule has 120 valence electrons. The normalized spacial score (nSPS) is 25.4. The van der Waals surface area contributed by atoms with Crippen LogP contribution >= 0.6 is 0 Å². The Kier molecular flexibility index (Phi) is 4.39. The molecule has 2 fully saturated rings. The maximum absolute atomic E-state index is 12.1. The lowest BCUT2D eigenvalue weighted by Crippen LogP contribution is -2.48. The SMILES string of the molecule is CC1CC1NC(=O)c1ccc(N2CCN(C(C)C)CC2)cc1. The molecule has 4 heteroatoms. The lowest BCUT2D eigenvalue weighted by atomic mass is 10.1. The van der Waals surface area contributed by atoms with Crippen LogP contribution in [0.1, 0.15) is 37.6 Å². The van der Waals surface area contributed by atoms with Crippen molar-refractivity contribution in [3.05, 3.63) is 29.8 Å². The first kappa shape index (κ1) is 15.3. The van der Waals surface area contributed by atoms with E-state index in [0.29, 0.717) is 18.0 Å². The Morgan fingerprint density at radius 2 is 1.73 bits per heavy atom. The number of carbonyl (C=O) groups is 1. The molecule has 0 spiro atoms. The number of amides is 1. The third-order valence-electron chi connectivity index (χ3n) is 4.97. The van der Waals surface area contributed by atoms with Gasteiger partial charge in [0.05, 0.1) is 0 Å². The summed E-state index contributed by atoms with van der Waals surface area (Å²) in [6, 6.07) is 9.07. The average Bonchev–Trinajstić information content (AvgIpc) is 3.22. The number of hydrogen-bond acceptors (Lipinski definition) is 3. The highest BCUT2D eigenvalue weighted by atomic mass is 16.1. The highest BCUT2D eigenvalue weighted by Crippen LogP contribution is 2.29. The van der Waals surface area contributed by atoms with Crippen LogP contribution in [0.4, 0.5) is 5.69 Å². The molecule has 1 saturated carbocycles. The van der Waals surface area contributed by atoms with Crippen molar-refractivity contribution in [1.29, 1.82) is 0 Å². The van der Waals surface area contributed by atoms with Crippen molar-refractivity contribution in [3.63, 3.8) is 0 Å². The number of piperazine rings is 1. The molecule has 1 heterocycles. The molecule has 1 aromatic carbocycles. The van der Waals surface area contributed by atoms with Crippen LogP contribution in [0.5, 0.6) is 0 Å². The van der Waals surface area contributed by atoms with Gasteiger partial charge in [-0.3, -0.25) is 9.69 Å². The van der Waals surface area contributed by atoms with Crippen molar-refractivity contribution in [2.45, 2.75) is 39.3 Å². The van der Waals surface area contributed by atoms with E-state index in [0.717, 1.165) is 38.2 Å². The molecule has 2 aliphatic rings. The van der Waals surface area contributed by atoms with Crippen LogP contribution in [0, 0.1) is 5.92 Å². The molecule has 1 N–H and O–H groups in total. The Labute approximate surface area is 133 Å². The van der Waals surface area contributed by atoms with E-state index in [1.54, 1.807) is 0 Å². The zero-order chi connectivity index (χ0) is 15.7. The summed E-state index contributed by atoms with van der Waals surface area (Å²) in [7, 11) is 0. The predicted octanol–water partition coefficient (Wildman–Crippen LogP) is 2.36. The summed E-state index contributed by atoms with van der Waals surface area (Å²) in [4.78, 5) is 17.0. The van der Waals surface area contributed by atoms with Gasteiger partial charge in [-0.1, -0.05) is 6.92 Å². The monoisotopic (exact) mass is 301 g/mol. The first-order valence-corrected chi connectivity index (χ1v) is 8.44. The van der Waals surface area contributed by atoms with Crippen molar-refractivity contribution in [3.8, 4) is 0 Å². The van der Waals surface area contributed by atoms with Crippen molar-refractivity contribution in [2.24, 2.45) is 5.92 Å². The number of nitrogens with one attached hydrogen (secondary N) is 1. The van der Waals surface area contributed by atoms with Gasteiger partial charge in [-0.05, 0) is 50.5 Å². The van der Waals surface area contributed by atoms with Crippen LogP contribution in [0.2, 0.25) is 0 Å². The summed E-state index contributed by atoms with van der Waals surface area (Å²) < 4.78 is 0. The van der Waals surface area contributed by atoms with Gasteiger partial charge >= 0.3 is 0 Å². The number of carbonyl (C=O) groups excluding carboxylic acids is 1. The van der Waals surface area contributed by atoms with Gasteiger partial charge in [0.2, 0.25) is 0 Å². The van der Waals surface area contributed by atoms with Gasteiger partial charge in [-0.25, -0.2) is 0 Å². The Morgan fingerprint density at radius 1 is 1.14 bits per heavy atom. The summed E-state index contributed by atoms with van der Waals surface area (Å²) in [6.07, 6.45) is 1.12. The van der Waals surface area contributed by atoms with Crippen LogP contribution < -0.4 is 10.2 Å². The van der Waals surface area contributed by atoms with Gasteiger partial charge in [0.25, 0.3) is 5.91 Å². The molecule has 0 radical (unpaired) electrons. The molecule has 1 saturated heterocycles. The van der Waals surface area contributed by atoms with Crippen LogP contribution in [0.25, 0.3) is 0 Å². The number of rotatable bonds is 4. The number of anilines is 1. The highest BCUT2D eigenvalue weighted by Gasteiger charge is 2.33. The largest absolute Gasteiger partial charge is 0.369 e. The third-order valence-corrected chi connectivity index (χ3v) is 4.97. The molecule has 1 aliphatic heterocycles. The van der Waals surface area contributed by atoms with Crippen molar-refractivity contribution in [1.82, 2.24) is 10.2 Å². The predicted molar refractivity (Wildman–Crippen MR) is 90.4 cm³/mol. The quantitative estimate of drug-likeness (QED) is 0.927. The maximum Gasteiger partial charge on any atom is 0.251 e. The fraction of sp³-hybridized carbons (Fsp3) is 0.611. The van der Waals surface area contributed by atoms with Crippen LogP contribution in [0.15, 0.2) is 24.3 Å². The van der Waals surface area contributed by atoms with Crippen LogP contribution in [-0.4, -0.2) is 49.1 Å². The zero-order valence-electron chi connectivity index (χ0n) is 13.9. The van der Waals surface area contributed by atoms with Gasteiger partial charge in [0.15, 0.2) is 0 Å². The number of hydrogen-bond donors (Lipinski definition) is 1. The number of nitrogens with zero attached hydrogens (tertiary/aromatic N) is 2. The van der Waals surface area contributed by atoms with Crippen molar-refractivity contribution < 1.29 is 4.79 Å². The van der Waals surface area contributed by atoms with E-state index >= 15 is 0 Å². The minimum atomic E-state index is 0.0607. The minimum absolute atomic E-state index is 0.0607. The average molecular weight is 301 g/mol. The smallest absolute Gasteiger partial charge is 0.251 e. The second-order valence-corrected chi connectivity index (χ2v) is 6.96. The third kappa shape index (κ3) is 3.43. The first-order valence-electron chi connectivity index (χ1n) is 8.44. The Morgan fingerprint density at radius 3 is 2.23 bits per heavy atom. The second kappa shape index (κ2) is 6.29. The molecule has 1 aliphatic carbocycles. The summed E-state index contributed by atoms with van der Waals surface area (Å²) in [6.45, 7) is 11.0. The Balaban J connectivity index is 1.56. The molecular formula is C18H27N3O. The van der Waals surface area contributed by atoms with E-state index in [2.05, 4.69) is 48.0 Å². The van der Waals surface area contributed by atoms with Gasteiger partial charge < -0.3 is 10.2 Å². The summed E-state index contributed by atoms with van der Waals surface area (Å²) in [5, 5.41) is 3.08. The summed E-state index contributed by atoms with van der Waals surface area (Å²) in [5.41, 5.74) is 1.99. The topological polar surface area (TPSA) is 35.6 Å². The van der Waals surface area contributed by atoms with Crippen LogP contribution in [-0.2, 0) is 0 Å². The number of benzene rings is 1. The van der Waals surface area contributed by atoms with Gasteiger partial charge in [-0.2, -0.15) is 0 Å². The molecule has 0 bridgehead atoms. The van der Waals surface area contributed by atoms with Gasteiger partial charge in [0, 0.05) is 49.5 Å². The molecule has 4 nitrogen and oxygen atoms in total. The second-order valence-electron chi connectivity index (χ2n) is 6.96. The Bertz CT molecular complexity index is 518. The minimum Gasteiger partial charge on any atom is -0.369 e. The van der Waals surface area contributed by atoms with Crippen LogP contribution in [0.3, 0.4) is 0 Å². The molecule has 22 heavy (non-hydrogen) atoms. The first-order chi connectivity index (χ1) is 10.5. The highest BCUT2D eigenvalue weighted by molar-refractivity contribution is 5.94. The lowest BCUT2D eigenvalue weighted by molar-refractivity contribution is 0.0949. The molecule has 3 rings (SSSR count). The Hall–Kier alpha value is -1.55. The molecule has 2 atom stereocenters. The van der Waals surface area contributed by atoms with Gasteiger partial charge in [0.1, 0.15) is 0 Å². The van der Waals surface area contributed by atoms with E-state index in [1.807, 2.05) is 12.1 Å². The molecular weight excluding hydrogens is 274 g/mol. The lowest BCUT2D eigenvalue weighted by Gasteiger charge is -2.38. The van der Waals surface area contributed by atoms with E-state index in [4.69, 9.17) is 0 Å². The van der Waals surface area contributed by atoms with E-state index in [9.17, 15) is 4.79 Å². The van der Waals surface area contributed by atoms with Crippen molar-refractivity contribution in [2.75, 3.05) is 31.1 Å².